The number of aliphatic imine (C=N–C) groups is 1. The fourth-order valence-electron chi connectivity index (χ4n) is 1.97. The van der Waals surface area contributed by atoms with Gasteiger partial charge in [0.2, 0.25) is 0 Å². The lowest BCUT2D eigenvalue weighted by atomic mass is 10.3. The fraction of sp³-hybridized carbons (Fsp3) is 0.333. The summed E-state index contributed by atoms with van der Waals surface area (Å²) in [6, 6.07) is 3.90. The molecule has 2 N–H and O–H groups in total. The predicted octanol–water partition coefficient (Wildman–Crippen LogP) is 2.69. The monoisotopic (exact) mass is 330 g/mol. The van der Waals surface area contributed by atoms with E-state index in [9.17, 15) is 0 Å². The van der Waals surface area contributed by atoms with Crippen LogP contribution in [0.1, 0.15) is 31.4 Å². The highest BCUT2D eigenvalue weighted by atomic mass is 32.2. The third-order valence-corrected chi connectivity index (χ3v) is 3.75. The van der Waals surface area contributed by atoms with Crippen LogP contribution >= 0.6 is 11.9 Å². The Morgan fingerprint density at radius 1 is 1.26 bits per heavy atom. The van der Waals surface area contributed by atoms with Gasteiger partial charge in [-0.1, -0.05) is 6.07 Å². The maximum atomic E-state index is 5.54. The Bertz CT molecular complexity index is 703. The van der Waals surface area contributed by atoms with Gasteiger partial charge in [0.25, 0.3) is 0 Å². The Morgan fingerprint density at radius 2 is 2.04 bits per heavy atom. The smallest absolute Gasteiger partial charge is 0.179 e. The molecular formula is C15H18N6OS. The van der Waals surface area contributed by atoms with E-state index in [1.165, 1.54) is 11.9 Å². The summed E-state index contributed by atoms with van der Waals surface area (Å²) in [5, 5.41) is 3.94. The number of pyridine rings is 1. The molecule has 3 rings (SSSR count). The van der Waals surface area contributed by atoms with Gasteiger partial charge >= 0.3 is 0 Å². The molecule has 23 heavy (non-hydrogen) atoms. The van der Waals surface area contributed by atoms with Crippen LogP contribution in [0.15, 0.2) is 35.7 Å². The van der Waals surface area contributed by atoms with Gasteiger partial charge < -0.3 is 10.1 Å². The van der Waals surface area contributed by atoms with Gasteiger partial charge in [0.05, 0.1) is 18.5 Å². The molecule has 3 heterocycles. The van der Waals surface area contributed by atoms with Crippen molar-refractivity contribution in [3.05, 3.63) is 42.1 Å². The van der Waals surface area contributed by atoms with Gasteiger partial charge in [-0.25, -0.2) is 24.7 Å². The molecule has 2 aromatic rings. The van der Waals surface area contributed by atoms with Crippen LogP contribution in [0.4, 0.5) is 5.82 Å². The number of aromatic nitrogens is 3. The number of rotatable bonds is 4. The summed E-state index contributed by atoms with van der Waals surface area (Å²) in [7, 11) is 0. The van der Waals surface area contributed by atoms with Gasteiger partial charge in [-0.05, 0) is 44.3 Å². The molecule has 0 radical (unpaired) electrons. The van der Waals surface area contributed by atoms with Crippen LogP contribution in [0, 0.1) is 6.92 Å². The minimum Gasteiger partial charge on any atom is -0.488 e. The van der Waals surface area contributed by atoms with Crippen LogP contribution in [0.25, 0.3) is 0 Å². The minimum atomic E-state index is -0.292. The molecule has 0 saturated carbocycles. The largest absolute Gasteiger partial charge is 0.488 e. The lowest BCUT2D eigenvalue weighted by Crippen LogP contribution is -2.12. The topological polar surface area (TPSA) is 84.3 Å². The average Bonchev–Trinajstić information content (AvgIpc) is 2.98. The first-order valence-corrected chi connectivity index (χ1v) is 8.11. The molecule has 1 aliphatic rings. The Labute approximate surface area is 139 Å². The van der Waals surface area contributed by atoms with Crippen LogP contribution in [0.5, 0.6) is 5.75 Å². The molecule has 2 aromatic heterocycles. The van der Waals surface area contributed by atoms with E-state index < -0.39 is 0 Å². The van der Waals surface area contributed by atoms with Gasteiger partial charge in [0, 0.05) is 6.20 Å². The fourth-order valence-corrected chi connectivity index (χ4v) is 2.66. The molecule has 7 nitrogen and oxygen atoms in total. The summed E-state index contributed by atoms with van der Waals surface area (Å²) in [5.41, 5.74) is 1.06. The molecular weight excluding hydrogens is 312 g/mol. The van der Waals surface area contributed by atoms with E-state index in [0.717, 1.165) is 16.5 Å². The summed E-state index contributed by atoms with van der Waals surface area (Å²) in [6.07, 6.45) is 4.88. The Hall–Kier alpha value is -2.19. The van der Waals surface area contributed by atoms with Crippen LogP contribution in [-0.2, 0) is 0 Å². The summed E-state index contributed by atoms with van der Waals surface area (Å²) in [6.45, 7) is 5.92. The van der Waals surface area contributed by atoms with E-state index >= 15 is 0 Å². The number of nitrogens with zero attached hydrogens (tertiary/aromatic N) is 4. The molecule has 0 saturated heterocycles. The number of amidine groups is 1. The Morgan fingerprint density at radius 3 is 2.74 bits per heavy atom. The van der Waals surface area contributed by atoms with E-state index in [2.05, 4.69) is 30.0 Å². The standard InChI is InChI=1S/C15H18N6OS/c1-9(2)22-11-7-17-13(18-8-11)14-20-15(23-21-14)19-12-10(3)5-4-6-16-12/h4-9,14,21H,1-3H3,(H,16,19,20). The Balaban J connectivity index is 1.68. The van der Waals surface area contributed by atoms with E-state index in [1.807, 2.05) is 32.9 Å². The molecule has 0 aliphatic carbocycles. The summed E-state index contributed by atoms with van der Waals surface area (Å²) in [4.78, 5) is 17.5. The highest BCUT2D eigenvalue weighted by Crippen LogP contribution is 2.24. The molecule has 0 fully saturated rings. The lowest BCUT2D eigenvalue weighted by molar-refractivity contribution is 0.240. The van der Waals surface area contributed by atoms with Gasteiger partial charge in [0.15, 0.2) is 22.9 Å². The SMILES string of the molecule is Cc1cccnc1NC1=NC(c2ncc(OC(C)C)cn2)NS1. The number of hydrogen-bond donors (Lipinski definition) is 2. The van der Waals surface area contributed by atoms with Crippen molar-refractivity contribution >= 4 is 22.9 Å². The molecule has 8 heteroatoms. The van der Waals surface area contributed by atoms with Crippen molar-refractivity contribution in [2.75, 3.05) is 5.32 Å². The first-order valence-electron chi connectivity index (χ1n) is 7.29. The number of aryl methyl sites for hydroxylation is 1. The van der Waals surface area contributed by atoms with Crippen LogP contribution in [0.3, 0.4) is 0 Å². The maximum Gasteiger partial charge on any atom is 0.179 e. The maximum absolute atomic E-state index is 5.54. The van der Waals surface area contributed by atoms with Gasteiger partial charge in [-0.2, -0.15) is 0 Å². The summed E-state index contributed by atoms with van der Waals surface area (Å²) >= 11 is 1.40. The van der Waals surface area contributed by atoms with Crippen molar-refractivity contribution in [1.82, 2.24) is 19.7 Å². The molecule has 1 atom stereocenters. The summed E-state index contributed by atoms with van der Waals surface area (Å²) < 4.78 is 8.72. The average molecular weight is 330 g/mol. The molecule has 120 valence electrons. The second kappa shape index (κ2) is 6.93. The molecule has 0 spiro atoms. The number of anilines is 1. The van der Waals surface area contributed by atoms with Crippen molar-refractivity contribution in [3.63, 3.8) is 0 Å². The van der Waals surface area contributed by atoms with E-state index in [4.69, 9.17) is 4.74 Å². The van der Waals surface area contributed by atoms with Crippen LogP contribution in [0.2, 0.25) is 0 Å². The lowest BCUT2D eigenvalue weighted by Gasteiger charge is -2.09. The minimum absolute atomic E-state index is 0.0973. The molecule has 0 bridgehead atoms. The van der Waals surface area contributed by atoms with Gasteiger partial charge in [0.1, 0.15) is 5.82 Å². The van der Waals surface area contributed by atoms with Crippen molar-refractivity contribution in [1.29, 1.82) is 0 Å². The first-order chi connectivity index (χ1) is 11.1. The number of hydrogen-bond acceptors (Lipinski definition) is 8. The zero-order valence-corrected chi connectivity index (χ0v) is 14.0. The second-order valence-corrected chi connectivity index (χ2v) is 6.12. The van der Waals surface area contributed by atoms with E-state index in [-0.39, 0.29) is 12.3 Å². The third-order valence-electron chi connectivity index (χ3n) is 3.01. The van der Waals surface area contributed by atoms with Crippen LogP contribution < -0.4 is 14.8 Å². The van der Waals surface area contributed by atoms with Crippen molar-refractivity contribution in [2.45, 2.75) is 33.0 Å². The zero-order valence-electron chi connectivity index (χ0n) is 13.1. The van der Waals surface area contributed by atoms with Crippen LogP contribution in [-0.4, -0.2) is 26.2 Å². The van der Waals surface area contributed by atoms with Gasteiger partial charge in [-0.3, -0.25) is 0 Å². The molecule has 1 aliphatic heterocycles. The summed E-state index contributed by atoms with van der Waals surface area (Å²) in [5.74, 6) is 2.05. The van der Waals surface area contributed by atoms with E-state index in [1.54, 1.807) is 18.6 Å². The third kappa shape index (κ3) is 3.96. The van der Waals surface area contributed by atoms with Crippen molar-refractivity contribution in [2.24, 2.45) is 4.99 Å². The van der Waals surface area contributed by atoms with Gasteiger partial charge in [-0.15, -0.1) is 0 Å². The molecule has 0 amide bonds. The quantitative estimate of drug-likeness (QED) is 0.834. The first kappa shape index (κ1) is 15.7. The molecule has 0 aromatic carbocycles. The second-order valence-electron chi connectivity index (χ2n) is 5.29. The normalized spacial score (nSPS) is 17.2. The predicted molar refractivity (Wildman–Crippen MR) is 91.3 cm³/mol. The molecule has 1 unspecified atom stereocenters. The highest BCUT2D eigenvalue weighted by Gasteiger charge is 2.22. The van der Waals surface area contributed by atoms with E-state index in [0.29, 0.717) is 11.6 Å². The highest BCUT2D eigenvalue weighted by molar-refractivity contribution is 8.12. The van der Waals surface area contributed by atoms with Crippen molar-refractivity contribution < 1.29 is 4.74 Å². The number of ether oxygens (including phenoxy) is 1. The Kier molecular flexibility index (Phi) is 4.73. The van der Waals surface area contributed by atoms with Crippen molar-refractivity contribution in [3.8, 4) is 5.75 Å². The zero-order chi connectivity index (χ0) is 16.2. The number of nitrogens with one attached hydrogen (secondary N) is 2.